The maximum Gasteiger partial charge on any atom is 0.249 e. The normalized spacial score (nSPS) is 23.4. The number of nitrogens with zero attached hydrogens (tertiary/aromatic N) is 2. The van der Waals surface area contributed by atoms with E-state index in [-0.39, 0.29) is 10.7 Å². The molecule has 2 unspecified atom stereocenters. The number of hydrogen-bond acceptors (Lipinski definition) is 6. The van der Waals surface area contributed by atoms with Gasteiger partial charge in [-0.15, -0.1) is 0 Å². The monoisotopic (exact) mass is 318 g/mol. The van der Waals surface area contributed by atoms with Gasteiger partial charge in [-0.1, -0.05) is 19.8 Å². The second-order valence-corrected chi connectivity index (χ2v) is 8.42. The Kier molecular flexibility index (Phi) is 4.55. The van der Waals surface area contributed by atoms with Crippen LogP contribution in [0.15, 0.2) is 4.90 Å². The second-order valence-electron chi connectivity index (χ2n) is 5.56. The largest absolute Gasteiger partial charge is 0.382 e. The summed E-state index contributed by atoms with van der Waals surface area (Å²) in [5.41, 5.74) is 5.73. The highest BCUT2D eigenvalue weighted by Crippen LogP contribution is 2.35. The number of rotatable bonds is 5. The van der Waals surface area contributed by atoms with E-state index in [9.17, 15) is 8.42 Å². The first-order valence-corrected chi connectivity index (χ1v) is 8.97. The maximum absolute atomic E-state index is 12.3. The van der Waals surface area contributed by atoms with Crippen LogP contribution in [0.2, 0.25) is 0 Å². The Labute approximate surface area is 124 Å². The molecule has 1 heterocycles. The number of nitrogens with one attached hydrogen (secondary N) is 1. The van der Waals surface area contributed by atoms with Crippen molar-refractivity contribution in [2.24, 2.45) is 11.8 Å². The van der Waals surface area contributed by atoms with Gasteiger partial charge in [0.2, 0.25) is 10.0 Å². The highest BCUT2D eigenvalue weighted by Gasteiger charge is 2.29. The fourth-order valence-corrected chi connectivity index (χ4v) is 4.67. The van der Waals surface area contributed by atoms with E-state index >= 15 is 0 Å². The molecule has 0 saturated heterocycles. The van der Waals surface area contributed by atoms with E-state index in [1.54, 1.807) is 0 Å². The zero-order chi connectivity index (χ0) is 14.9. The molecule has 0 radical (unpaired) electrons. The standard InChI is InChI=1S/C12H22N4O2S2/c1-8-5-4-6-9(8)7-14-12-10(11(13)15-19-12)20(17,18)16(2)3/h8-9,14H,4-7H2,1-3H3,(H2,13,15). The molecule has 1 fully saturated rings. The lowest BCUT2D eigenvalue weighted by Gasteiger charge is -2.17. The van der Waals surface area contributed by atoms with Crippen LogP contribution in [0.3, 0.4) is 0 Å². The summed E-state index contributed by atoms with van der Waals surface area (Å²) in [6.07, 6.45) is 3.69. The zero-order valence-corrected chi connectivity index (χ0v) is 13.7. The number of anilines is 2. The molecule has 1 saturated carbocycles. The number of nitrogen functional groups attached to an aromatic ring is 1. The Hall–Kier alpha value is -0.860. The Morgan fingerprint density at radius 2 is 2.15 bits per heavy atom. The van der Waals surface area contributed by atoms with Crippen molar-refractivity contribution in [3.05, 3.63) is 0 Å². The third-order valence-electron chi connectivity index (χ3n) is 3.98. The van der Waals surface area contributed by atoms with Gasteiger partial charge in [-0.2, -0.15) is 4.37 Å². The Morgan fingerprint density at radius 1 is 1.45 bits per heavy atom. The Morgan fingerprint density at radius 3 is 2.70 bits per heavy atom. The molecule has 1 aromatic rings. The lowest BCUT2D eigenvalue weighted by atomic mass is 9.98. The van der Waals surface area contributed by atoms with Crippen molar-refractivity contribution in [1.29, 1.82) is 0 Å². The summed E-state index contributed by atoms with van der Waals surface area (Å²) in [6.45, 7) is 3.02. The number of sulfonamides is 1. The molecule has 0 aromatic carbocycles. The average Bonchev–Trinajstić information content (AvgIpc) is 2.93. The van der Waals surface area contributed by atoms with Gasteiger partial charge in [-0.05, 0) is 29.8 Å². The minimum Gasteiger partial charge on any atom is -0.382 e. The van der Waals surface area contributed by atoms with Crippen molar-refractivity contribution in [2.45, 2.75) is 31.1 Å². The number of nitrogens with two attached hydrogens (primary N) is 1. The second kappa shape index (κ2) is 5.87. The molecule has 0 aliphatic heterocycles. The van der Waals surface area contributed by atoms with Gasteiger partial charge in [-0.3, -0.25) is 0 Å². The van der Waals surface area contributed by atoms with E-state index in [0.29, 0.717) is 16.8 Å². The molecule has 6 nitrogen and oxygen atoms in total. The van der Waals surface area contributed by atoms with Crippen LogP contribution in [0.4, 0.5) is 10.8 Å². The summed E-state index contributed by atoms with van der Waals surface area (Å²) in [5.74, 6) is 1.35. The van der Waals surface area contributed by atoms with Gasteiger partial charge in [0.25, 0.3) is 0 Å². The molecule has 2 atom stereocenters. The van der Waals surface area contributed by atoms with Crippen LogP contribution in [0.5, 0.6) is 0 Å². The zero-order valence-electron chi connectivity index (χ0n) is 12.1. The van der Waals surface area contributed by atoms with Crippen molar-refractivity contribution < 1.29 is 8.42 Å². The van der Waals surface area contributed by atoms with E-state index in [1.165, 1.54) is 33.4 Å². The van der Waals surface area contributed by atoms with Crippen LogP contribution in [0, 0.1) is 11.8 Å². The van der Waals surface area contributed by atoms with Crippen molar-refractivity contribution in [1.82, 2.24) is 8.68 Å². The molecule has 2 rings (SSSR count). The highest BCUT2D eigenvalue weighted by molar-refractivity contribution is 7.89. The smallest absolute Gasteiger partial charge is 0.249 e. The van der Waals surface area contributed by atoms with Crippen LogP contribution in [-0.4, -0.2) is 37.7 Å². The summed E-state index contributed by atoms with van der Waals surface area (Å²) < 4.78 is 29.7. The van der Waals surface area contributed by atoms with Crippen LogP contribution >= 0.6 is 11.5 Å². The van der Waals surface area contributed by atoms with Crippen molar-refractivity contribution in [3.8, 4) is 0 Å². The molecule has 1 aliphatic carbocycles. The first-order valence-electron chi connectivity index (χ1n) is 6.75. The fraction of sp³-hybridized carbons (Fsp3) is 0.750. The van der Waals surface area contributed by atoms with Crippen molar-refractivity contribution in [2.75, 3.05) is 31.7 Å². The van der Waals surface area contributed by atoms with Gasteiger partial charge in [0.1, 0.15) is 5.00 Å². The molecule has 1 aliphatic rings. The predicted octanol–water partition coefficient (Wildman–Crippen LogP) is 1.82. The van der Waals surface area contributed by atoms with Gasteiger partial charge in [0.15, 0.2) is 10.7 Å². The molecular weight excluding hydrogens is 296 g/mol. The van der Waals surface area contributed by atoms with Gasteiger partial charge >= 0.3 is 0 Å². The van der Waals surface area contributed by atoms with Crippen LogP contribution in [0.25, 0.3) is 0 Å². The van der Waals surface area contributed by atoms with Crippen LogP contribution < -0.4 is 11.1 Å². The highest BCUT2D eigenvalue weighted by atomic mass is 32.2. The molecule has 0 amide bonds. The van der Waals surface area contributed by atoms with Crippen LogP contribution in [-0.2, 0) is 10.0 Å². The van der Waals surface area contributed by atoms with Gasteiger partial charge in [-0.25, -0.2) is 12.7 Å². The molecule has 8 heteroatoms. The molecule has 0 spiro atoms. The van der Waals surface area contributed by atoms with Crippen molar-refractivity contribution >= 4 is 32.4 Å². The Balaban J connectivity index is 2.17. The minimum absolute atomic E-state index is 0.0747. The van der Waals surface area contributed by atoms with Gasteiger partial charge < -0.3 is 11.1 Å². The first kappa shape index (κ1) is 15.5. The maximum atomic E-state index is 12.3. The first-order chi connectivity index (χ1) is 9.34. The summed E-state index contributed by atoms with van der Waals surface area (Å²) in [7, 11) is -0.570. The fourth-order valence-electron chi connectivity index (χ4n) is 2.59. The topological polar surface area (TPSA) is 88.3 Å². The molecule has 114 valence electrons. The van der Waals surface area contributed by atoms with E-state index in [4.69, 9.17) is 5.73 Å². The third kappa shape index (κ3) is 2.91. The van der Waals surface area contributed by atoms with E-state index in [1.807, 2.05) is 0 Å². The van der Waals surface area contributed by atoms with E-state index in [0.717, 1.165) is 22.4 Å². The third-order valence-corrected chi connectivity index (χ3v) is 6.82. The number of hydrogen-bond donors (Lipinski definition) is 2. The van der Waals surface area contributed by atoms with Crippen LogP contribution in [0.1, 0.15) is 26.2 Å². The van der Waals surface area contributed by atoms with Crippen molar-refractivity contribution in [3.63, 3.8) is 0 Å². The molecular formula is C12H22N4O2S2. The van der Waals surface area contributed by atoms with E-state index < -0.39 is 10.0 Å². The molecule has 0 bridgehead atoms. The van der Waals surface area contributed by atoms with Gasteiger partial charge in [0, 0.05) is 20.6 Å². The average molecular weight is 318 g/mol. The number of aromatic nitrogens is 1. The summed E-state index contributed by atoms with van der Waals surface area (Å²) in [6, 6.07) is 0. The SMILES string of the molecule is CC1CCCC1CNc1snc(N)c1S(=O)(=O)N(C)C. The lowest BCUT2D eigenvalue weighted by Crippen LogP contribution is -2.24. The van der Waals surface area contributed by atoms with E-state index in [2.05, 4.69) is 16.6 Å². The quantitative estimate of drug-likeness (QED) is 0.864. The summed E-state index contributed by atoms with van der Waals surface area (Å²) in [5, 5.41) is 3.79. The Bertz CT molecular complexity index is 568. The lowest BCUT2D eigenvalue weighted by molar-refractivity contribution is 0.439. The molecule has 1 aromatic heterocycles. The molecule has 3 N–H and O–H groups in total. The molecule has 20 heavy (non-hydrogen) atoms. The minimum atomic E-state index is -3.56. The summed E-state index contributed by atoms with van der Waals surface area (Å²) in [4.78, 5) is 0.109. The van der Waals surface area contributed by atoms with Gasteiger partial charge in [0.05, 0.1) is 0 Å². The summed E-state index contributed by atoms with van der Waals surface area (Å²) >= 11 is 1.11. The predicted molar refractivity (Wildman–Crippen MR) is 82.4 cm³/mol.